The maximum absolute atomic E-state index is 5.60. The highest BCUT2D eigenvalue weighted by atomic mass is 32.2. The van der Waals surface area contributed by atoms with Crippen LogP contribution >= 0.6 is 11.8 Å². The second-order valence-electron chi connectivity index (χ2n) is 3.13. The first-order valence-electron chi connectivity index (χ1n) is 4.71. The number of nitrogen functional groups attached to an aromatic ring is 1. The number of pyridine rings is 1. The lowest BCUT2D eigenvalue weighted by Gasteiger charge is -2.02. The summed E-state index contributed by atoms with van der Waals surface area (Å²) in [5.74, 6) is 0.950. The van der Waals surface area contributed by atoms with Crippen LogP contribution in [0.15, 0.2) is 29.7 Å². The van der Waals surface area contributed by atoms with Crippen molar-refractivity contribution in [2.24, 2.45) is 0 Å². The molecule has 0 radical (unpaired) electrons. The van der Waals surface area contributed by atoms with Crippen LogP contribution in [0.4, 0.5) is 5.95 Å². The van der Waals surface area contributed by atoms with E-state index in [2.05, 4.69) is 19.9 Å². The van der Waals surface area contributed by atoms with Gasteiger partial charge in [0, 0.05) is 18.8 Å². The molecule has 2 N–H and O–H groups in total. The molecule has 2 aromatic rings. The van der Waals surface area contributed by atoms with Crippen molar-refractivity contribution >= 4 is 17.7 Å². The Morgan fingerprint density at radius 3 is 2.62 bits per heavy atom. The van der Waals surface area contributed by atoms with E-state index in [1.165, 1.54) is 11.8 Å². The molecule has 0 aliphatic carbocycles. The molecule has 2 rings (SSSR count). The second kappa shape index (κ2) is 4.89. The molecule has 0 aliphatic rings. The standard InChI is InChI=1S/C10H11N5S/c1-16-10-14-8(13-9(11)15-10)6-7-2-4-12-5-3-7/h2-5H,6H2,1H3,(H2,11,13,14,15). The molecule has 0 saturated heterocycles. The molecule has 0 aromatic carbocycles. The fraction of sp³-hybridized carbons (Fsp3) is 0.200. The molecule has 0 fully saturated rings. The van der Waals surface area contributed by atoms with Gasteiger partial charge in [-0.05, 0) is 24.0 Å². The van der Waals surface area contributed by atoms with Crippen molar-refractivity contribution in [3.63, 3.8) is 0 Å². The fourth-order valence-electron chi connectivity index (χ4n) is 1.27. The first-order valence-corrected chi connectivity index (χ1v) is 5.93. The number of rotatable bonds is 3. The van der Waals surface area contributed by atoms with Gasteiger partial charge in [0.1, 0.15) is 5.82 Å². The maximum Gasteiger partial charge on any atom is 0.224 e. The molecule has 0 spiro atoms. The Hall–Kier alpha value is -1.69. The second-order valence-corrected chi connectivity index (χ2v) is 3.90. The smallest absolute Gasteiger partial charge is 0.224 e. The number of nitrogens with two attached hydrogens (primary N) is 1. The van der Waals surface area contributed by atoms with E-state index in [1.807, 2.05) is 18.4 Å². The summed E-state index contributed by atoms with van der Waals surface area (Å²) >= 11 is 1.45. The van der Waals surface area contributed by atoms with E-state index < -0.39 is 0 Å². The monoisotopic (exact) mass is 233 g/mol. The summed E-state index contributed by atoms with van der Waals surface area (Å²) in [4.78, 5) is 16.3. The van der Waals surface area contributed by atoms with Crippen LogP contribution in [0.2, 0.25) is 0 Å². The van der Waals surface area contributed by atoms with Crippen LogP contribution in [0.3, 0.4) is 0 Å². The van der Waals surface area contributed by atoms with Crippen molar-refractivity contribution in [3.8, 4) is 0 Å². The van der Waals surface area contributed by atoms with Crippen LogP contribution in [0.25, 0.3) is 0 Å². The minimum Gasteiger partial charge on any atom is -0.368 e. The molecule has 82 valence electrons. The molecule has 0 aliphatic heterocycles. The largest absolute Gasteiger partial charge is 0.368 e. The van der Waals surface area contributed by atoms with Gasteiger partial charge in [0.05, 0.1) is 0 Å². The van der Waals surface area contributed by atoms with Crippen molar-refractivity contribution < 1.29 is 0 Å². The average Bonchev–Trinajstić information content (AvgIpc) is 2.29. The minimum absolute atomic E-state index is 0.267. The molecule has 2 heterocycles. The van der Waals surface area contributed by atoms with Gasteiger partial charge in [-0.25, -0.2) is 4.98 Å². The third-order valence-electron chi connectivity index (χ3n) is 1.97. The average molecular weight is 233 g/mol. The van der Waals surface area contributed by atoms with E-state index in [4.69, 9.17) is 5.73 Å². The third-order valence-corrected chi connectivity index (χ3v) is 2.52. The lowest BCUT2D eigenvalue weighted by atomic mass is 10.2. The summed E-state index contributed by atoms with van der Waals surface area (Å²) in [5.41, 5.74) is 6.71. The first kappa shape index (κ1) is 10.8. The summed E-state index contributed by atoms with van der Waals surface area (Å²) in [6.07, 6.45) is 6.04. The van der Waals surface area contributed by atoms with Crippen LogP contribution in [0.5, 0.6) is 0 Å². The summed E-state index contributed by atoms with van der Waals surface area (Å²) in [6.45, 7) is 0. The van der Waals surface area contributed by atoms with Crippen molar-refractivity contribution in [2.75, 3.05) is 12.0 Å². The minimum atomic E-state index is 0.267. The van der Waals surface area contributed by atoms with Gasteiger partial charge in [-0.3, -0.25) is 4.98 Å². The zero-order valence-corrected chi connectivity index (χ0v) is 9.61. The molecule has 0 bridgehead atoms. The maximum atomic E-state index is 5.60. The summed E-state index contributed by atoms with van der Waals surface area (Å²) in [7, 11) is 0. The highest BCUT2D eigenvalue weighted by molar-refractivity contribution is 7.98. The lowest BCUT2D eigenvalue weighted by molar-refractivity contribution is 0.839. The van der Waals surface area contributed by atoms with Gasteiger partial charge >= 0.3 is 0 Å². The van der Waals surface area contributed by atoms with Crippen LogP contribution in [0, 0.1) is 0 Å². The Bertz CT molecular complexity index is 474. The van der Waals surface area contributed by atoms with Crippen molar-refractivity contribution in [1.29, 1.82) is 0 Å². The van der Waals surface area contributed by atoms with Gasteiger partial charge in [-0.15, -0.1) is 0 Å². The van der Waals surface area contributed by atoms with Gasteiger partial charge < -0.3 is 5.73 Å². The highest BCUT2D eigenvalue weighted by Gasteiger charge is 2.04. The Morgan fingerprint density at radius 1 is 1.19 bits per heavy atom. The normalized spacial score (nSPS) is 10.3. The van der Waals surface area contributed by atoms with E-state index in [-0.39, 0.29) is 5.95 Å². The van der Waals surface area contributed by atoms with Crippen LogP contribution < -0.4 is 5.73 Å². The molecule has 0 saturated carbocycles. The number of thioether (sulfide) groups is 1. The van der Waals surface area contributed by atoms with Gasteiger partial charge in [-0.2, -0.15) is 9.97 Å². The zero-order chi connectivity index (χ0) is 11.4. The van der Waals surface area contributed by atoms with E-state index in [1.54, 1.807) is 12.4 Å². The predicted molar refractivity (Wildman–Crippen MR) is 63.1 cm³/mol. The van der Waals surface area contributed by atoms with E-state index in [0.29, 0.717) is 17.4 Å². The number of nitrogens with zero attached hydrogens (tertiary/aromatic N) is 4. The molecule has 0 amide bonds. The molecule has 5 nitrogen and oxygen atoms in total. The zero-order valence-electron chi connectivity index (χ0n) is 8.79. The third kappa shape index (κ3) is 2.66. The van der Waals surface area contributed by atoms with Crippen LogP contribution in [-0.2, 0) is 6.42 Å². The summed E-state index contributed by atoms with van der Waals surface area (Å²) in [6, 6.07) is 3.86. The molecule has 0 atom stereocenters. The number of anilines is 1. The molecule has 0 unspecified atom stereocenters. The highest BCUT2D eigenvalue weighted by Crippen LogP contribution is 2.11. The van der Waals surface area contributed by atoms with Crippen molar-refractivity contribution in [2.45, 2.75) is 11.6 Å². The Labute approximate surface area is 97.6 Å². The Morgan fingerprint density at radius 2 is 1.94 bits per heavy atom. The van der Waals surface area contributed by atoms with E-state index in [9.17, 15) is 0 Å². The number of aromatic nitrogens is 4. The molecule has 2 aromatic heterocycles. The molecule has 16 heavy (non-hydrogen) atoms. The van der Waals surface area contributed by atoms with E-state index >= 15 is 0 Å². The SMILES string of the molecule is CSc1nc(N)nc(Cc2ccncc2)n1. The molecular weight excluding hydrogens is 222 g/mol. The predicted octanol–water partition coefficient (Wildman–Crippen LogP) is 1.16. The van der Waals surface area contributed by atoms with Crippen molar-refractivity contribution in [1.82, 2.24) is 19.9 Å². The number of hydrogen-bond donors (Lipinski definition) is 1. The topological polar surface area (TPSA) is 77.6 Å². The van der Waals surface area contributed by atoms with Gasteiger partial charge in [0.2, 0.25) is 5.95 Å². The summed E-state index contributed by atoms with van der Waals surface area (Å²) < 4.78 is 0. The van der Waals surface area contributed by atoms with Crippen molar-refractivity contribution in [3.05, 3.63) is 35.9 Å². The first-order chi connectivity index (χ1) is 7.78. The molecule has 6 heteroatoms. The van der Waals surface area contributed by atoms with Gasteiger partial charge in [0.15, 0.2) is 5.16 Å². The quantitative estimate of drug-likeness (QED) is 0.802. The lowest BCUT2D eigenvalue weighted by Crippen LogP contribution is -2.04. The Kier molecular flexibility index (Phi) is 3.31. The van der Waals surface area contributed by atoms with Gasteiger partial charge in [0.25, 0.3) is 0 Å². The van der Waals surface area contributed by atoms with Crippen LogP contribution in [0.1, 0.15) is 11.4 Å². The Balaban J connectivity index is 2.24. The molecular formula is C10H11N5S. The van der Waals surface area contributed by atoms with Gasteiger partial charge in [-0.1, -0.05) is 11.8 Å². The van der Waals surface area contributed by atoms with Crippen LogP contribution in [-0.4, -0.2) is 26.2 Å². The summed E-state index contributed by atoms with van der Waals surface area (Å²) in [5, 5.41) is 0.650. The number of hydrogen-bond acceptors (Lipinski definition) is 6. The van der Waals surface area contributed by atoms with E-state index in [0.717, 1.165) is 5.56 Å². The fourth-order valence-corrected chi connectivity index (χ4v) is 1.65.